The predicted octanol–water partition coefficient (Wildman–Crippen LogP) is 3.81. The molecule has 0 aliphatic carbocycles. The normalized spacial score (nSPS) is 12.2. The number of para-hydroxylation sites is 1. The zero-order valence-corrected chi connectivity index (χ0v) is 10.2. The zero-order valence-electron chi connectivity index (χ0n) is 10.2. The van der Waals surface area contributed by atoms with Crippen molar-refractivity contribution >= 4 is 0 Å². The van der Waals surface area contributed by atoms with Crippen molar-refractivity contribution in [2.24, 2.45) is 5.73 Å². The van der Waals surface area contributed by atoms with Gasteiger partial charge in [0, 0.05) is 11.6 Å². The molecule has 0 radical (unpaired) electrons. The van der Waals surface area contributed by atoms with Gasteiger partial charge in [-0.3, -0.25) is 0 Å². The summed E-state index contributed by atoms with van der Waals surface area (Å²) in [6.07, 6.45) is 0. The quantitative estimate of drug-likeness (QED) is 0.865. The molecule has 0 aliphatic heterocycles. The molecule has 88 valence electrons. The molecule has 2 heteroatoms. The van der Waals surface area contributed by atoms with Crippen molar-refractivity contribution in [3.8, 4) is 11.5 Å². The lowest BCUT2D eigenvalue weighted by Crippen LogP contribution is -2.06. The minimum absolute atomic E-state index is 0.0309. The van der Waals surface area contributed by atoms with E-state index in [1.165, 1.54) is 5.56 Å². The van der Waals surface area contributed by atoms with Crippen LogP contribution in [0.1, 0.15) is 24.1 Å². The Labute approximate surface area is 102 Å². The highest BCUT2D eigenvalue weighted by Gasteiger charge is 2.07. The maximum absolute atomic E-state index is 5.91. The third kappa shape index (κ3) is 2.86. The van der Waals surface area contributed by atoms with Gasteiger partial charge >= 0.3 is 0 Å². The second-order valence-electron chi connectivity index (χ2n) is 4.24. The van der Waals surface area contributed by atoms with Gasteiger partial charge in [0.2, 0.25) is 0 Å². The summed E-state index contributed by atoms with van der Waals surface area (Å²) in [7, 11) is 0. The molecule has 0 heterocycles. The van der Waals surface area contributed by atoms with Crippen molar-refractivity contribution < 1.29 is 4.74 Å². The van der Waals surface area contributed by atoms with Crippen LogP contribution in [-0.2, 0) is 0 Å². The van der Waals surface area contributed by atoms with Gasteiger partial charge in [-0.1, -0.05) is 35.9 Å². The maximum atomic E-state index is 5.91. The summed E-state index contributed by atoms with van der Waals surface area (Å²) in [5.41, 5.74) is 8.15. The molecule has 1 atom stereocenters. The van der Waals surface area contributed by atoms with E-state index in [4.69, 9.17) is 10.5 Å². The monoisotopic (exact) mass is 227 g/mol. The number of ether oxygens (including phenoxy) is 1. The van der Waals surface area contributed by atoms with Gasteiger partial charge in [0.05, 0.1) is 0 Å². The van der Waals surface area contributed by atoms with E-state index in [-0.39, 0.29) is 6.04 Å². The van der Waals surface area contributed by atoms with Crippen molar-refractivity contribution in [1.82, 2.24) is 0 Å². The predicted molar refractivity (Wildman–Crippen MR) is 70.3 cm³/mol. The molecule has 2 nitrogen and oxygen atoms in total. The van der Waals surface area contributed by atoms with Crippen LogP contribution >= 0.6 is 0 Å². The molecule has 0 fully saturated rings. The summed E-state index contributed by atoms with van der Waals surface area (Å²) in [6, 6.07) is 15.8. The number of rotatable bonds is 3. The highest BCUT2D eigenvalue weighted by Crippen LogP contribution is 2.28. The van der Waals surface area contributed by atoms with Crippen molar-refractivity contribution in [2.45, 2.75) is 19.9 Å². The lowest BCUT2D eigenvalue weighted by atomic mass is 10.1. The minimum Gasteiger partial charge on any atom is -0.457 e. The fourth-order valence-corrected chi connectivity index (χ4v) is 1.68. The van der Waals surface area contributed by atoms with Gasteiger partial charge < -0.3 is 10.5 Å². The van der Waals surface area contributed by atoms with Gasteiger partial charge in [-0.25, -0.2) is 0 Å². The van der Waals surface area contributed by atoms with Crippen LogP contribution in [0.15, 0.2) is 48.5 Å². The van der Waals surface area contributed by atoms with Crippen LogP contribution in [-0.4, -0.2) is 0 Å². The fraction of sp³-hybridized carbons (Fsp3) is 0.200. The van der Waals surface area contributed by atoms with E-state index in [2.05, 4.69) is 6.92 Å². The summed E-state index contributed by atoms with van der Waals surface area (Å²) < 4.78 is 5.85. The molecular formula is C15H17NO. The summed E-state index contributed by atoms with van der Waals surface area (Å²) >= 11 is 0. The maximum Gasteiger partial charge on any atom is 0.132 e. The van der Waals surface area contributed by atoms with E-state index in [0.29, 0.717) is 0 Å². The molecule has 0 unspecified atom stereocenters. The van der Waals surface area contributed by atoms with Crippen molar-refractivity contribution in [3.05, 3.63) is 59.7 Å². The SMILES string of the molecule is Cc1ccc(Oc2ccccc2[C@H](C)N)cc1. The van der Waals surface area contributed by atoms with E-state index in [9.17, 15) is 0 Å². The lowest BCUT2D eigenvalue weighted by Gasteiger charge is -2.13. The first kappa shape index (κ1) is 11.7. The summed E-state index contributed by atoms with van der Waals surface area (Å²) in [5, 5.41) is 0. The average Bonchev–Trinajstić information content (AvgIpc) is 2.32. The van der Waals surface area contributed by atoms with Gasteiger partial charge in [0.15, 0.2) is 0 Å². The van der Waals surface area contributed by atoms with Crippen molar-refractivity contribution in [3.63, 3.8) is 0 Å². The van der Waals surface area contributed by atoms with Crippen molar-refractivity contribution in [2.75, 3.05) is 0 Å². The number of hydrogen-bond donors (Lipinski definition) is 1. The highest BCUT2D eigenvalue weighted by atomic mass is 16.5. The molecule has 0 saturated heterocycles. The van der Waals surface area contributed by atoms with Gasteiger partial charge in [-0.05, 0) is 32.0 Å². The first-order chi connectivity index (χ1) is 8.16. The summed E-state index contributed by atoms with van der Waals surface area (Å²) in [6.45, 7) is 4.01. The molecule has 2 rings (SSSR count). The Kier molecular flexibility index (Phi) is 3.45. The van der Waals surface area contributed by atoms with Crippen LogP contribution in [0.3, 0.4) is 0 Å². The van der Waals surface area contributed by atoms with Crippen LogP contribution in [0.4, 0.5) is 0 Å². The molecular weight excluding hydrogens is 210 g/mol. The van der Waals surface area contributed by atoms with Crippen LogP contribution in [0.25, 0.3) is 0 Å². The largest absolute Gasteiger partial charge is 0.457 e. The Balaban J connectivity index is 2.26. The lowest BCUT2D eigenvalue weighted by molar-refractivity contribution is 0.472. The summed E-state index contributed by atoms with van der Waals surface area (Å²) in [5.74, 6) is 1.66. The molecule has 17 heavy (non-hydrogen) atoms. The number of hydrogen-bond acceptors (Lipinski definition) is 2. The average molecular weight is 227 g/mol. The second kappa shape index (κ2) is 5.02. The Bertz CT molecular complexity index is 489. The number of aryl methyl sites for hydroxylation is 1. The second-order valence-corrected chi connectivity index (χ2v) is 4.24. The van der Waals surface area contributed by atoms with Gasteiger partial charge in [-0.2, -0.15) is 0 Å². The Hall–Kier alpha value is -1.80. The molecule has 2 N–H and O–H groups in total. The minimum atomic E-state index is -0.0309. The first-order valence-electron chi connectivity index (χ1n) is 5.76. The fourth-order valence-electron chi connectivity index (χ4n) is 1.68. The number of benzene rings is 2. The zero-order chi connectivity index (χ0) is 12.3. The summed E-state index contributed by atoms with van der Waals surface area (Å²) in [4.78, 5) is 0. The van der Waals surface area contributed by atoms with Crippen LogP contribution < -0.4 is 10.5 Å². The van der Waals surface area contributed by atoms with Crippen LogP contribution in [0.2, 0.25) is 0 Å². The van der Waals surface area contributed by atoms with E-state index in [1.54, 1.807) is 0 Å². The van der Waals surface area contributed by atoms with E-state index in [1.807, 2.05) is 55.5 Å². The Morgan fingerprint density at radius 3 is 2.29 bits per heavy atom. The van der Waals surface area contributed by atoms with E-state index >= 15 is 0 Å². The molecule has 0 bridgehead atoms. The third-order valence-electron chi connectivity index (χ3n) is 2.66. The molecule has 2 aromatic rings. The van der Waals surface area contributed by atoms with Crippen molar-refractivity contribution in [1.29, 1.82) is 0 Å². The van der Waals surface area contributed by atoms with Gasteiger partial charge in [0.1, 0.15) is 11.5 Å². The molecule has 2 aromatic carbocycles. The standard InChI is InChI=1S/C15H17NO/c1-11-7-9-13(10-8-11)17-15-6-4-3-5-14(15)12(2)16/h3-10,12H,16H2,1-2H3/t12-/m0/s1. The molecule has 0 amide bonds. The molecule has 0 aromatic heterocycles. The highest BCUT2D eigenvalue weighted by molar-refractivity contribution is 5.39. The van der Waals surface area contributed by atoms with Crippen LogP contribution in [0, 0.1) is 6.92 Å². The van der Waals surface area contributed by atoms with Gasteiger partial charge in [-0.15, -0.1) is 0 Å². The molecule has 0 spiro atoms. The first-order valence-corrected chi connectivity index (χ1v) is 5.76. The van der Waals surface area contributed by atoms with Crippen LogP contribution in [0.5, 0.6) is 11.5 Å². The van der Waals surface area contributed by atoms with E-state index in [0.717, 1.165) is 17.1 Å². The molecule has 0 aliphatic rings. The number of nitrogens with two attached hydrogens (primary N) is 1. The Morgan fingerprint density at radius 1 is 1.00 bits per heavy atom. The topological polar surface area (TPSA) is 35.2 Å². The van der Waals surface area contributed by atoms with E-state index < -0.39 is 0 Å². The smallest absolute Gasteiger partial charge is 0.132 e. The Morgan fingerprint density at radius 2 is 1.65 bits per heavy atom. The molecule has 0 saturated carbocycles. The van der Waals surface area contributed by atoms with Gasteiger partial charge in [0.25, 0.3) is 0 Å². The third-order valence-corrected chi connectivity index (χ3v) is 2.66.